The van der Waals surface area contributed by atoms with Gasteiger partial charge in [-0.1, -0.05) is 0 Å². The van der Waals surface area contributed by atoms with Crippen molar-refractivity contribution in [1.29, 1.82) is 5.26 Å². The van der Waals surface area contributed by atoms with Gasteiger partial charge in [0.25, 0.3) is 0 Å². The van der Waals surface area contributed by atoms with Crippen LogP contribution in [-0.4, -0.2) is 35.4 Å². The Kier molecular flexibility index (Phi) is 6.14. The summed E-state index contributed by atoms with van der Waals surface area (Å²) in [5.41, 5.74) is 2.14. The lowest BCUT2D eigenvalue weighted by molar-refractivity contribution is 0.0316. The predicted molar refractivity (Wildman–Crippen MR) is 96.6 cm³/mol. The number of nitriles is 1. The first kappa shape index (κ1) is 19.9. The monoisotopic (exact) mass is 368 g/mol. The molecule has 1 atom stereocenters. The minimum absolute atomic E-state index is 0.204. The smallest absolute Gasteiger partial charge is 0.340 e. The number of nitrogens with zero attached hydrogens (tertiary/aromatic N) is 1. The van der Waals surface area contributed by atoms with E-state index in [4.69, 9.17) is 14.7 Å². The molecule has 0 amide bonds. The molecule has 0 radical (unpaired) electrons. The van der Waals surface area contributed by atoms with Gasteiger partial charge in [0.05, 0.1) is 35.1 Å². The van der Waals surface area contributed by atoms with Crippen LogP contribution >= 0.6 is 0 Å². The van der Waals surface area contributed by atoms with Crippen molar-refractivity contribution in [3.05, 3.63) is 57.9 Å². The molecule has 0 saturated heterocycles. The normalized spacial score (nSPS) is 11.4. The third-order valence-electron chi connectivity index (χ3n) is 4.07. The highest BCUT2D eigenvalue weighted by Crippen LogP contribution is 2.21. The summed E-state index contributed by atoms with van der Waals surface area (Å²) >= 11 is 0. The van der Waals surface area contributed by atoms with Crippen molar-refractivity contribution >= 4 is 17.7 Å². The quantitative estimate of drug-likeness (QED) is 0.620. The Morgan fingerprint density at radius 3 is 2.33 bits per heavy atom. The third kappa shape index (κ3) is 4.23. The second-order valence-corrected chi connectivity index (χ2v) is 5.95. The topological polar surface area (TPSA) is 109 Å². The van der Waals surface area contributed by atoms with Crippen LogP contribution in [-0.2, 0) is 9.47 Å². The van der Waals surface area contributed by atoms with E-state index in [9.17, 15) is 14.4 Å². The van der Waals surface area contributed by atoms with Gasteiger partial charge in [-0.25, -0.2) is 9.59 Å². The summed E-state index contributed by atoms with van der Waals surface area (Å²) in [5.74, 6) is -1.63. The molecule has 7 heteroatoms. The summed E-state index contributed by atoms with van der Waals surface area (Å²) in [6.45, 7) is 6.70. The number of aryl methyl sites for hydroxylation is 1. The number of aromatic amines is 1. The molecule has 0 unspecified atom stereocenters. The number of esters is 2. The Hall–Kier alpha value is -3.40. The number of H-pyrrole nitrogens is 1. The van der Waals surface area contributed by atoms with E-state index < -0.39 is 23.8 Å². The molecule has 0 aliphatic carbocycles. The molecule has 1 aromatic carbocycles. The maximum Gasteiger partial charge on any atom is 0.340 e. The maximum atomic E-state index is 12.7. The third-order valence-corrected chi connectivity index (χ3v) is 4.07. The number of ketones is 1. The second-order valence-electron chi connectivity index (χ2n) is 5.95. The number of carbonyl (C=O) groups is 3. The van der Waals surface area contributed by atoms with Crippen LogP contribution < -0.4 is 0 Å². The zero-order chi connectivity index (χ0) is 20.1. The number of hydrogen-bond acceptors (Lipinski definition) is 6. The summed E-state index contributed by atoms with van der Waals surface area (Å²) in [5, 5.41) is 8.79. The number of aromatic nitrogens is 1. The Labute approximate surface area is 156 Å². The molecule has 1 N–H and O–H groups in total. The first-order valence-corrected chi connectivity index (χ1v) is 8.41. The zero-order valence-electron chi connectivity index (χ0n) is 15.6. The lowest BCUT2D eigenvalue weighted by Gasteiger charge is -2.12. The van der Waals surface area contributed by atoms with Gasteiger partial charge in [0, 0.05) is 5.69 Å². The molecule has 0 fully saturated rings. The largest absolute Gasteiger partial charge is 0.462 e. The van der Waals surface area contributed by atoms with E-state index in [0.29, 0.717) is 22.4 Å². The van der Waals surface area contributed by atoms with E-state index in [1.807, 2.05) is 6.07 Å². The van der Waals surface area contributed by atoms with Crippen LogP contribution in [0.15, 0.2) is 24.3 Å². The molecule has 0 aliphatic rings. The molecule has 7 nitrogen and oxygen atoms in total. The molecule has 140 valence electrons. The Morgan fingerprint density at radius 1 is 1.15 bits per heavy atom. The molecule has 2 aromatic rings. The van der Waals surface area contributed by atoms with Gasteiger partial charge in [-0.3, -0.25) is 4.79 Å². The summed E-state index contributed by atoms with van der Waals surface area (Å²) in [4.78, 5) is 39.8. The van der Waals surface area contributed by atoms with E-state index in [1.165, 1.54) is 31.2 Å². The fraction of sp³-hybridized carbons (Fsp3) is 0.300. The van der Waals surface area contributed by atoms with E-state index >= 15 is 0 Å². The minimum atomic E-state index is -1.06. The molecule has 0 bridgehead atoms. The molecular formula is C20H20N2O5. The van der Waals surface area contributed by atoms with Crippen molar-refractivity contribution in [2.24, 2.45) is 0 Å². The molecule has 27 heavy (non-hydrogen) atoms. The van der Waals surface area contributed by atoms with Crippen molar-refractivity contribution in [2.45, 2.75) is 33.8 Å². The minimum Gasteiger partial charge on any atom is -0.462 e. The number of rotatable bonds is 6. The van der Waals surface area contributed by atoms with Crippen LogP contribution in [0.3, 0.4) is 0 Å². The molecule has 0 saturated carbocycles. The van der Waals surface area contributed by atoms with Crippen LogP contribution in [0, 0.1) is 25.2 Å². The van der Waals surface area contributed by atoms with E-state index in [1.54, 1.807) is 20.8 Å². The Balaban J connectivity index is 2.17. The maximum absolute atomic E-state index is 12.7. The first-order chi connectivity index (χ1) is 12.8. The number of benzene rings is 1. The van der Waals surface area contributed by atoms with Crippen molar-refractivity contribution in [1.82, 2.24) is 4.98 Å². The number of carbonyl (C=O) groups excluding carboxylic acids is 3. The molecule has 1 aromatic heterocycles. The van der Waals surface area contributed by atoms with Crippen LogP contribution in [0.5, 0.6) is 0 Å². The summed E-state index contributed by atoms with van der Waals surface area (Å²) < 4.78 is 10.2. The van der Waals surface area contributed by atoms with Crippen LogP contribution in [0.2, 0.25) is 0 Å². The highest BCUT2D eigenvalue weighted by molar-refractivity contribution is 6.04. The molecule has 2 rings (SSSR count). The average Bonchev–Trinajstić information content (AvgIpc) is 2.95. The summed E-state index contributed by atoms with van der Waals surface area (Å²) in [7, 11) is 0. The fourth-order valence-electron chi connectivity index (χ4n) is 2.67. The van der Waals surface area contributed by atoms with Gasteiger partial charge in [0.15, 0.2) is 6.10 Å². The van der Waals surface area contributed by atoms with Gasteiger partial charge in [-0.05, 0) is 57.5 Å². The molecule has 0 spiro atoms. The standard InChI is InChI=1S/C20H20N2O5/c1-5-26-20(25)16-11(2)17(22-12(16)3)18(23)13(4)27-19(24)15-8-6-14(10-21)7-9-15/h6-9,13,22H,5H2,1-4H3/t13-/m0/s1. The van der Waals surface area contributed by atoms with E-state index in [0.717, 1.165) is 0 Å². The summed E-state index contributed by atoms with van der Waals surface area (Å²) in [6, 6.07) is 7.86. The number of hydrogen-bond donors (Lipinski definition) is 1. The second kappa shape index (κ2) is 8.32. The summed E-state index contributed by atoms with van der Waals surface area (Å²) in [6.07, 6.45) is -1.06. The number of nitrogens with one attached hydrogen (secondary N) is 1. The fourth-order valence-corrected chi connectivity index (χ4v) is 2.67. The lowest BCUT2D eigenvalue weighted by Crippen LogP contribution is -2.25. The van der Waals surface area contributed by atoms with Crippen LogP contribution in [0.1, 0.15) is 61.9 Å². The SMILES string of the molecule is CCOC(=O)c1c(C)[nH]c(C(=O)[C@H](C)OC(=O)c2ccc(C#N)cc2)c1C. The molecule has 0 aliphatic heterocycles. The van der Waals surface area contributed by atoms with Crippen molar-refractivity contribution in [2.75, 3.05) is 6.61 Å². The van der Waals surface area contributed by atoms with E-state index in [2.05, 4.69) is 4.98 Å². The van der Waals surface area contributed by atoms with E-state index in [-0.39, 0.29) is 17.9 Å². The molecular weight excluding hydrogens is 348 g/mol. The van der Waals surface area contributed by atoms with Crippen LogP contribution in [0.25, 0.3) is 0 Å². The Bertz CT molecular complexity index is 919. The predicted octanol–water partition coefficient (Wildman–Crippen LogP) is 3.11. The van der Waals surface area contributed by atoms with Gasteiger partial charge in [-0.15, -0.1) is 0 Å². The zero-order valence-corrected chi connectivity index (χ0v) is 15.6. The van der Waals surface area contributed by atoms with Crippen molar-refractivity contribution in [3.63, 3.8) is 0 Å². The first-order valence-electron chi connectivity index (χ1n) is 8.41. The number of ether oxygens (including phenoxy) is 2. The van der Waals surface area contributed by atoms with Gasteiger partial charge < -0.3 is 14.5 Å². The highest BCUT2D eigenvalue weighted by atomic mass is 16.5. The number of Topliss-reactive ketones (excluding diaryl/α,β-unsaturated/α-hetero) is 1. The lowest BCUT2D eigenvalue weighted by atomic mass is 10.1. The van der Waals surface area contributed by atoms with Crippen LogP contribution in [0.4, 0.5) is 0 Å². The van der Waals surface area contributed by atoms with Crippen molar-refractivity contribution in [3.8, 4) is 6.07 Å². The van der Waals surface area contributed by atoms with Gasteiger partial charge in [-0.2, -0.15) is 5.26 Å². The highest BCUT2D eigenvalue weighted by Gasteiger charge is 2.27. The molecule has 1 heterocycles. The van der Waals surface area contributed by atoms with Gasteiger partial charge in [0.1, 0.15) is 0 Å². The average molecular weight is 368 g/mol. The van der Waals surface area contributed by atoms with Gasteiger partial charge >= 0.3 is 11.9 Å². The Morgan fingerprint density at radius 2 is 1.78 bits per heavy atom. The van der Waals surface area contributed by atoms with Crippen molar-refractivity contribution < 1.29 is 23.9 Å². The van der Waals surface area contributed by atoms with Gasteiger partial charge in [0.2, 0.25) is 5.78 Å².